The third-order valence-electron chi connectivity index (χ3n) is 5.70. The monoisotopic (exact) mass is 396 g/mol. The maximum absolute atomic E-state index is 11.9. The van der Waals surface area contributed by atoms with Crippen molar-refractivity contribution >= 4 is 17.5 Å². The number of amides is 1. The number of anilines is 2. The molecule has 1 aliphatic heterocycles. The standard InChI is InChI=1S/C21H28N6O2/c1-23-15-7-3-4-8-16(15)26-18-11-24-19(20(22)28)21(27-18)25-14-10-13-6-2-5-9-17(13)29-12-14/h2,5-6,9,11,14-16,23H,3-4,7-8,10,12H2,1H3,(H2,22,28)(H2,25,26,27)/t14?,15-,16+/m0/s1. The molecule has 1 fully saturated rings. The molecule has 8 nitrogen and oxygen atoms in total. The van der Waals surface area contributed by atoms with Crippen LogP contribution in [0.1, 0.15) is 41.7 Å². The van der Waals surface area contributed by atoms with E-state index in [9.17, 15) is 4.79 Å². The van der Waals surface area contributed by atoms with Crippen LogP contribution < -0.4 is 26.4 Å². The minimum Gasteiger partial charge on any atom is -0.491 e. The number of carbonyl (C=O) groups is 1. The number of aromatic nitrogens is 2. The molecule has 1 aliphatic carbocycles. The van der Waals surface area contributed by atoms with Crippen LogP contribution in [0.15, 0.2) is 30.5 Å². The van der Waals surface area contributed by atoms with Crippen LogP contribution in [0.4, 0.5) is 11.6 Å². The van der Waals surface area contributed by atoms with Gasteiger partial charge in [-0.2, -0.15) is 0 Å². The van der Waals surface area contributed by atoms with Crippen molar-refractivity contribution in [2.45, 2.75) is 50.2 Å². The third kappa shape index (κ3) is 4.42. The van der Waals surface area contributed by atoms with Gasteiger partial charge in [-0.15, -0.1) is 0 Å². The third-order valence-corrected chi connectivity index (χ3v) is 5.70. The van der Waals surface area contributed by atoms with Gasteiger partial charge in [0, 0.05) is 12.1 Å². The van der Waals surface area contributed by atoms with E-state index in [1.165, 1.54) is 12.8 Å². The summed E-state index contributed by atoms with van der Waals surface area (Å²) in [4.78, 5) is 20.8. The molecule has 0 bridgehead atoms. The van der Waals surface area contributed by atoms with E-state index in [1.54, 1.807) is 6.20 Å². The summed E-state index contributed by atoms with van der Waals surface area (Å²) in [6.07, 6.45) is 6.97. The number of hydrogen-bond donors (Lipinski definition) is 4. The first-order valence-electron chi connectivity index (χ1n) is 10.2. The first-order chi connectivity index (χ1) is 14.1. The molecule has 154 valence electrons. The number of rotatable bonds is 6. The number of likely N-dealkylation sites (N-methyl/N-ethyl adjacent to an activating group) is 1. The zero-order valence-corrected chi connectivity index (χ0v) is 16.6. The average Bonchev–Trinajstić information content (AvgIpc) is 2.74. The molecule has 8 heteroatoms. The van der Waals surface area contributed by atoms with Crippen LogP contribution >= 0.6 is 0 Å². The first-order valence-corrected chi connectivity index (χ1v) is 10.2. The Kier molecular flexibility index (Phi) is 5.80. The van der Waals surface area contributed by atoms with Crippen LogP contribution in [-0.4, -0.2) is 47.7 Å². The van der Waals surface area contributed by atoms with Crippen molar-refractivity contribution in [3.63, 3.8) is 0 Å². The summed E-state index contributed by atoms with van der Waals surface area (Å²) in [5, 5.41) is 10.2. The van der Waals surface area contributed by atoms with Crippen molar-refractivity contribution in [1.82, 2.24) is 15.3 Å². The molecule has 0 saturated heterocycles. The van der Waals surface area contributed by atoms with Crippen molar-refractivity contribution in [3.05, 3.63) is 41.7 Å². The highest BCUT2D eigenvalue weighted by Crippen LogP contribution is 2.27. The number of benzene rings is 1. The second-order valence-corrected chi connectivity index (χ2v) is 7.71. The summed E-state index contributed by atoms with van der Waals surface area (Å²) >= 11 is 0. The van der Waals surface area contributed by atoms with Crippen LogP contribution in [0.3, 0.4) is 0 Å². The van der Waals surface area contributed by atoms with Gasteiger partial charge in [0.25, 0.3) is 5.91 Å². The predicted octanol–water partition coefficient (Wildman–Crippen LogP) is 1.93. The number of nitrogens with two attached hydrogens (primary N) is 1. The molecule has 4 rings (SSSR count). The lowest BCUT2D eigenvalue weighted by atomic mass is 9.90. The van der Waals surface area contributed by atoms with Gasteiger partial charge >= 0.3 is 0 Å². The Labute approximate surface area is 170 Å². The molecule has 0 spiro atoms. The molecule has 2 aromatic rings. The van der Waals surface area contributed by atoms with E-state index in [-0.39, 0.29) is 17.8 Å². The van der Waals surface area contributed by atoms with Crippen LogP contribution in [0.5, 0.6) is 5.75 Å². The topological polar surface area (TPSA) is 114 Å². The summed E-state index contributed by atoms with van der Waals surface area (Å²) in [5.41, 5.74) is 6.80. The van der Waals surface area contributed by atoms with Crippen molar-refractivity contribution in [2.75, 3.05) is 24.3 Å². The van der Waals surface area contributed by atoms with E-state index >= 15 is 0 Å². The van der Waals surface area contributed by atoms with Gasteiger partial charge in [0.2, 0.25) is 0 Å². The summed E-state index contributed by atoms with van der Waals surface area (Å²) < 4.78 is 5.84. The van der Waals surface area contributed by atoms with Crippen molar-refractivity contribution < 1.29 is 9.53 Å². The highest BCUT2D eigenvalue weighted by molar-refractivity contribution is 5.95. The molecular formula is C21H28N6O2. The van der Waals surface area contributed by atoms with Gasteiger partial charge in [-0.1, -0.05) is 31.0 Å². The number of carbonyl (C=O) groups excluding carboxylic acids is 1. The Morgan fingerprint density at radius 2 is 1.97 bits per heavy atom. The summed E-state index contributed by atoms with van der Waals surface area (Å²) in [6, 6.07) is 8.61. The second-order valence-electron chi connectivity index (χ2n) is 7.71. The number of nitrogens with one attached hydrogen (secondary N) is 3. The van der Waals surface area contributed by atoms with Crippen LogP contribution in [0.2, 0.25) is 0 Å². The summed E-state index contributed by atoms with van der Waals surface area (Å²) in [6.45, 7) is 0.485. The lowest BCUT2D eigenvalue weighted by Gasteiger charge is -2.32. The molecule has 1 aromatic carbocycles. The van der Waals surface area contributed by atoms with Crippen LogP contribution in [0, 0.1) is 0 Å². The Morgan fingerprint density at radius 1 is 1.17 bits per heavy atom. The van der Waals surface area contributed by atoms with Gasteiger partial charge in [-0.3, -0.25) is 4.79 Å². The quantitative estimate of drug-likeness (QED) is 0.590. The fourth-order valence-electron chi connectivity index (χ4n) is 4.19. The van der Waals surface area contributed by atoms with E-state index in [1.807, 2.05) is 31.3 Å². The van der Waals surface area contributed by atoms with Crippen molar-refractivity contribution in [3.8, 4) is 5.75 Å². The number of nitrogens with zero attached hydrogens (tertiary/aromatic N) is 2. The number of primary amides is 1. The first kappa shape index (κ1) is 19.4. The minimum atomic E-state index is -0.602. The fourth-order valence-corrected chi connectivity index (χ4v) is 4.19. The Bertz CT molecular complexity index is 874. The van der Waals surface area contributed by atoms with Crippen LogP contribution in [0.25, 0.3) is 0 Å². The summed E-state index contributed by atoms with van der Waals surface area (Å²) in [7, 11) is 1.99. The van der Waals surface area contributed by atoms with E-state index < -0.39 is 5.91 Å². The van der Waals surface area contributed by atoms with Gasteiger partial charge in [0.05, 0.1) is 12.2 Å². The van der Waals surface area contributed by atoms with Gasteiger partial charge in [-0.05, 0) is 37.9 Å². The van der Waals surface area contributed by atoms with E-state index in [4.69, 9.17) is 10.5 Å². The number of hydrogen-bond acceptors (Lipinski definition) is 7. The number of ether oxygens (including phenoxy) is 1. The van der Waals surface area contributed by atoms with Crippen molar-refractivity contribution in [1.29, 1.82) is 0 Å². The molecule has 0 radical (unpaired) electrons. The molecule has 1 saturated carbocycles. The smallest absolute Gasteiger partial charge is 0.271 e. The van der Waals surface area contributed by atoms with E-state index in [0.29, 0.717) is 24.3 Å². The molecule has 3 atom stereocenters. The van der Waals surface area contributed by atoms with Gasteiger partial charge in [-0.25, -0.2) is 9.97 Å². The van der Waals surface area contributed by atoms with Crippen molar-refractivity contribution in [2.24, 2.45) is 5.73 Å². The minimum absolute atomic E-state index is 0.0210. The molecule has 2 aliphatic rings. The van der Waals surface area contributed by atoms with E-state index in [0.717, 1.165) is 30.6 Å². The Hall–Kier alpha value is -2.87. The fraction of sp³-hybridized carbons (Fsp3) is 0.476. The van der Waals surface area contributed by atoms with Gasteiger partial charge in [0.1, 0.15) is 18.2 Å². The highest BCUT2D eigenvalue weighted by atomic mass is 16.5. The lowest BCUT2D eigenvalue weighted by Crippen LogP contribution is -2.44. The maximum atomic E-state index is 11.9. The maximum Gasteiger partial charge on any atom is 0.271 e. The number of para-hydroxylation sites is 1. The summed E-state index contributed by atoms with van der Waals surface area (Å²) in [5.74, 6) is 1.33. The SMILES string of the molecule is CN[C@H]1CCCC[C@H]1Nc1cnc(C(N)=O)c(NC2COc3ccccc3C2)n1. The molecule has 1 amide bonds. The number of fused-ring (bicyclic) bond motifs is 1. The normalized spacial score (nSPS) is 23.6. The predicted molar refractivity (Wildman–Crippen MR) is 112 cm³/mol. The van der Waals surface area contributed by atoms with E-state index in [2.05, 4.69) is 25.9 Å². The Balaban J connectivity index is 1.52. The average molecular weight is 396 g/mol. The molecule has 2 heterocycles. The molecule has 1 unspecified atom stereocenters. The molecule has 29 heavy (non-hydrogen) atoms. The van der Waals surface area contributed by atoms with Gasteiger partial charge < -0.3 is 26.4 Å². The molecule has 1 aromatic heterocycles. The molecular weight excluding hydrogens is 368 g/mol. The zero-order chi connectivity index (χ0) is 20.2. The molecule has 5 N–H and O–H groups in total. The second kappa shape index (κ2) is 8.65. The van der Waals surface area contributed by atoms with Crippen LogP contribution in [-0.2, 0) is 6.42 Å². The highest BCUT2D eigenvalue weighted by Gasteiger charge is 2.26. The lowest BCUT2D eigenvalue weighted by molar-refractivity contribution is 0.0996. The largest absolute Gasteiger partial charge is 0.491 e. The van der Waals surface area contributed by atoms with Gasteiger partial charge in [0.15, 0.2) is 11.5 Å². The zero-order valence-electron chi connectivity index (χ0n) is 16.6. The Morgan fingerprint density at radius 3 is 2.76 bits per heavy atom.